The molecule has 8 heteroatoms. The average molecular weight is 308 g/mol. The van der Waals surface area contributed by atoms with Crippen molar-refractivity contribution in [2.75, 3.05) is 19.1 Å². The highest BCUT2D eigenvalue weighted by atomic mass is 32.1. The summed E-state index contributed by atoms with van der Waals surface area (Å²) in [5, 5.41) is 4.69. The molecule has 2 rings (SSSR count). The Morgan fingerprint density at radius 1 is 1.48 bits per heavy atom. The van der Waals surface area contributed by atoms with E-state index in [-0.39, 0.29) is 11.5 Å². The summed E-state index contributed by atoms with van der Waals surface area (Å²) in [7, 11) is 4.96. The fourth-order valence-electron chi connectivity index (χ4n) is 1.84. The molecule has 0 unspecified atom stereocenters. The smallest absolute Gasteiger partial charge is 0.358 e. The van der Waals surface area contributed by atoms with Gasteiger partial charge < -0.3 is 9.64 Å². The molecular formula is C13H16N4O3S. The lowest BCUT2D eigenvalue weighted by Crippen LogP contribution is -2.16. The molecule has 2 heterocycles. The van der Waals surface area contributed by atoms with Crippen LogP contribution in [0.5, 0.6) is 0 Å². The number of carbonyl (C=O) groups excluding carboxylic acids is 2. The van der Waals surface area contributed by atoms with Gasteiger partial charge in [0.1, 0.15) is 4.88 Å². The molecule has 0 amide bonds. The summed E-state index contributed by atoms with van der Waals surface area (Å²) in [4.78, 5) is 29.7. The summed E-state index contributed by atoms with van der Waals surface area (Å²) in [5.41, 5.74) is 1.09. The van der Waals surface area contributed by atoms with Gasteiger partial charge in [-0.1, -0.05) is 11.3 Å². The Hall–Kier alpha value is -2.22. The second-order valence-corrected chi connectivity index (χ2v) is 5.58. The third-order valence-corrected chi connectivity index (χ3v) is 4.09. The molecule has 0 bridgehead atoms. The van der Waals surface area contributed by atoms with Crippen molar-refractivity contribution < 1.29 is 14.3 Å². The number of esters is 1. The number of carbonyl (C=O) groups is 2. The molecule has 0 saturated heterocycles. The largest absolute Gasteiger partial charge is 0.464 e. The number of ether oxygens (including phenoxy) is 1. The van der Waals surface area contributed by atoms with E-state index >= 15 is 0 Å². The normalized spacial score (nSPS) is 10.5. The predicted octanol–water partition coefficient (Wildman–Crippen LogP) is 1.50. The number of thiazole rings is 1. The van der Waals surface area contributed by atoms with Gasteiger partial charge in [0.25, 0.3) is 0 Å². The van der Waals surface area contributed by atoms with Gasteiger partial charge >= 0.3 is 5.97 Å². The van der Waals surface area contributed by atoms with E-state index in [0.717, 1.165) is 5.56 Å². The number of rotatable bonds is 5. The minimum absolute atomic E-state index is 0.0723. The van der Waals surface area contributed by atoms with Crippen LogP contribution in [0.15, 0.2) is 12.4 Å². The van der Waals surface area contributed by atoms with Crippen molar-refractivity contribution in [1.82, 2.24) is 14.8 Å². The maximum atomic E-state index is 11.7. The third-order valence-electron chi connectivity index (χ3n) is 2.82. The van der Waals surface area contributed by atoms with E-state index in [4.69, 9.17) is 0 Å². The van der Waals surface area contributed by atoms with Crippen molar-refractivity contribution >= 4 is 28.2 Å². The monoisotopic (exact) mass is 308 g/mol. The third kappa shape index (κ3) is 3.27. The molecule has 21 heavy (non-hydrogen) atoms. The minimum atomic E-state index is -0.600. The Kier molecular flexibility index (Phi) is 4.37. The zero-order valence-corrected chi connectivity index (χ0v) is 13.1. The molecule has 2 aromatic heterocycles. The number of nitrogens with zero attached hydrogens (tertiary/aromatic N) is 4. The van der Waals surface area contributed by atoms with E-state index in [2.05, 4.69) is 14.8 Å². The van der Waals surface area contributed by atoms with Crippen LogP contribution in [0.3, 0.4) is 0 Å². The maximum Gasteiger partial charge on any atom is 0.358 e. The Morgan fingerprint density at radius 2 is 2.19 bits per heavy atom. The zero-order chi connectivity index (χ0) is 15.6. The fraction of sp³-hybridized carbons (Fsp3) is 0.385. The standard InChI is InChI=1S/C13H16N4O3S/c1-8(18)11-10(12(19)20-4)15-13(21-11)16(2)6-9-5-14-17(3)7-9/h5,7H,6H2,1-4H3. The number of ketones is 1. The summed E-state index contributed by atoms with van der Waals surface area (Å²) in [6.07, 6.45) is 3.66. The SMILES string of the molecule is COC(=O)c1nc(N(C)Cc2cnn(C)c2)sc1C(C)=O. The summed E-state index contributed by atoms with van der Waals surface area (Å²) in [6.45, 7) is 1.99. The van der Waals surface area contributed by atoms with Crippen molar-refractivity contribution in [2.45, 2.75) is 13.5 Å². The van der Waals surface area contributed by atoms with Crippen LogP contribution in [0.25, 0.3) is 0 Å². The fourth-order valence-corrected chi connectivity index (χ4v) is 2.75. The molecule has 0 N–H and O–H groups in total. The van der Waals surface area contributed by atoms with Gasteiger partial charge in [0.2, 0.25) is 0 Å². The van der Waals surface area contributed by atoms with Gasteiger partial charge in [0, 0.05) is 39.3 Å². The van der Waals surface area contributed by atoms with Gasteiger partial charge in [0.15, 0.2) is 16.6 Å². The van der Waals surface area contributed by atoms with Crippen molar-refractivity contribution in [3.8, 4) is 0 Å². The molecule has 0 saturated carbocycles. The highest BCUT2D eigenvalue weighted by Gasteiger charge is 2.23. The van der Waals surface area contributed by atoms with E-state index in [1.165, 1.54) is 25.4 Å². The Balaban J connectivity index is 2.27. The Morgan fingerprint density at radius 3 is 2.71 bits per heavy atom. The van der Waals surface area contributed by atoms with Crippen LogP contribution < -0.4 is 4.90 Å². The van der Waals surface area contributed by atoms with Gasteiger partial charge in [0.05, 0.1) is 13.3 Å². The van der Waals surface area contributed by atoms with Crippen LogP contribution in [0.4, 0.5) is 5.13 Å². The van der Waals surface area contributed by atoms with Crippen molar-refractivity contribution in [3.05, 3.63) is 28.5 Å². The first-order valence-electron chi connectivity index (χ1n) is 6.21. The quantitative estimate of drug-likeness (QED) is 0.615. The first kappa shape index (κ1) is 15.2. The molecule has 0 atom stereocenters. The van der Waals surface area contributed by atoms with E-state index in [1.807, 2.05) is 25.2 Å². The second-order valence-electron chi connectivity index (χ2n) is 4.60. The summed E-state index contributed by atoms with van der Waals surface area (Å²) < 4.78 is 6.38. The first-order valence-corrected chi connectivity index (χ1v) is 7.02. The van der Waals surface area contributed by atoms with Crippen LogP contribution in [-0.2, 0) is 18.3 Å². The molecule has 0 fully saturated rings. The summed E-state index contributed by atoms with van der Waals surface area (Å²) in [5.74, 6) is -0.800. The van der Waals surface area contributed by atoms with Gasteiger partial charge in [-0.3, -0.25) is 9.48 Å². The lowest BCUT2D eigenvalue weighted by Gasteiger charge is -2.13. The molecule has 0 aliphatic carbocycles. The molecule has 0 spiro atoms. The topological polar surface area (TPSA) is 77.3 Å². The predicted molar refractivity (Wildman–Crippen MR) is 78.8 cm³/mol. The van der Waals surface area contributed by atoms with Crippen LogP contribution in [-0.4, -0.2) is 40.7 Å². The molecule has 0 aliphatic rings. The van der Waals surface area contributed by atoms with Crippen LogP contribution in [0.1, 0.15) is 32.6 Å². The van der Waals surface area contributed by atoms with E-state index < -0.39 is 5.97 Å². The number of methoxy groups -OCH3 is 1. The first-order chi connectivity index (χ1) is 9.92. The van der Waals surface area contributed by atoms with Crippen LogP contribution >= 0.6 is 11.3 Å². The molecule has 0 aliphatic heterocycles. The number of Topliss-reactive ketones (excluding diaryl/α,β-unsaturated/α-hetero) is 1. The zero-order valence-electron chi connectivity index (χ0n) is 12.3. The van der Waals surface area contributed by atoms with Crippen molar-refractivity contribution in [1.29, 1.82) is 0 Å². The van der Waals surface area contributed by atoms with E-state index in [0.29, 0.717) is 16.6 Å². The van der Waals surface area contributed by atoms with Gasteiger partial charge in [-0.15, -0.1) is 0 Å². The van der Waals surface area contributed by atoms with Crippen molar-refractivity contribution in [3.63, 3.8) is 0 Å². The molecular weight excluding hydrogens is 292 g/mol. The molecule has 112 valence electrons. The average Bonchev–Trinajstić information content (AvgIpc) is 3.04. The number of hydrogen-bond donors (Lipinski definition) is 0. The summed E-state index contributed by atoms with van der Waals surface area (Å²) >= 11 is 1.18. The number of hydrogen-bond acceptors (Lipinski definition) is 7. The minimum Gasteiger partial charge on any atom is -0.464 e. The molecule has 0 radical (unpaired) electrons. The Labute approximate surface area is 126 Å². The van der Waals surface area contributed by atoms with Gasteiger partial charge in [-0.05, 0) is 0 Å². The van der Waals surface area contributed by atoms with Gasteiger partial charge in [-0.25, -0.2) is 9.78 Å². The van der Waals surface area contributed by atoms with Crippen molar-refractivity contribution in [2.24, 2.45) is 7.05 Å². The Bertz CT molecular complexity index is 677. The van der Waals surface area contributed by atoms with E-state index in [1.54, 1.807) is 10.9 Å². The highest BCUT2D eigenvalue weighted by Crippen LogP contribution is 2.27. The van der Waals surface area contributed by atoms with Crippen LogP contribution in [0.2, 0.25) is 0 Å². The van der Waals surface area contributed by atoms with E-state index in [9.17, 15) is 9.59 Å². The highest BCUT2D eigenvalue weighted by molar-refractivity contribution is 7.17. The molecule has 7 nitrogen and oxygen atoms in total. The molecule has 0 aromatic carbocycles. The summed E-state index contributed by atoms with van der Waals surface area (Å²) in [6, 6.07) is 0. The second kappa shape index (κ2) is 6.04. The van der Waals surface area contributed by atoms with Crippen LogP contribution in [0, 0.1) is 0 Å². The lowest BCUT2D eigenvalue weighted by atomic mass is 10.3. The number of anilines is 1. The number of aromatic nitrogens is 3. The number of aryl methyl sites for hydroxylation is 1. The lowest BCUT2D eigenvalue weighted by molar-refractivity contribution is 0.0591. The van der Waals surface area contributed by atoms with Gasteiger partial charge in [-0.2, -0.15) is 5.10 Å². The molecule has 2 aromatic rings. The maximum absolute atomic E-state index is 11.7.